The van der Waals surface area contributed by atoms with E-state index in [1.54, 1.807) is 31.6 Å². The Kier molecular flexibility index (Phi) is 22.1. The first kappa shape index (κ1) is 63.0. The number of aromatic nitrogens is 6. The van der Waals surface area contributed by atoms with Crippen molar-refractivity contribution in [1.82, 2.24) is 64.7 Å². The monoisotopic (exact) mass is 1210 g/mol. The minimum Gasteiger partial charge on any atom is -0.341 e. The van der Waals surface area contributed by atoms with Gasteiger partial charge in [0.15, 0.2) is 0 Å². The highest BCUT2D eigenvalue weighted by molar-refractivity contribution is 6.30. The molecule has 20 heteroatoms. The SMILES string of the molecule is CN(C)C(=O)N1CCC(N[C@H](Cc2ccc(Cl)cc2)C(=O)N2CCC(Cn3cncn3)(C3CCCCC3)CC2)CC1.O=C(Nc1ccccc1)N1CCC(N[C@H](Cc2ccc(Cl)cc2)C(=O)N2CCC(Cn3cncn3)(C3CCCCC3)CC2)CC1. The average Bonchev–Trinajstić information content (AvgIpc) is 1.58. The lowest BCUT2D eigenvalue weighted by Crippen LogP contribution is -2.57. The Morgan fingerprint density at radius 1 is 0.523 bits per heavy atom. The second kappa shape index (κ2) is 30.2. The number of hydrogen-bond acceptors (Lipinski definition) is 10. The number of piperidine rings is 4. The van der Waals surface area contributed by atoms with Crippen LogP contribution in [0.3, 0.4) is 0 Å². The number of halogens is 2. The molecule has 6 aliphatic rings. The fraction of sp³-hybridized carbons (Fsp3) is 0.606. The van der Waals surface area contributed by atoms with Crippen molar-refractivity contribution < 1.29 is 19.2 Å². The summed E-state index contributed by atoms with van der Waals surface area (Å²) in [6.07, 6.45) is 28.4. The molecule has 2 saturated carbocycles. The van der Waals surface area contributed by atoms with Crippen LogP contribution in [0.1, 0.15) is 127 Å². The Morgan fingerprint density at radius 3 is 1.31 bits per heavy atom. The fourth-order valence-corrected chi connectivity index (χ4v) is 15.3. The van der Waals surface area contributed by atoms with Crippen LogP contribution in [-0.4, -0.2) is 169 Å². The highest BCUT2D eigenvalue weighted by Gasteiger charge is 2.46. The van der Waals surface area contributed by atoms with Crippen molar-refractivity contribution in [2.24, 2.45) is 22.7 Å². The van der Waals surface area contributed by atoms with Crippen molar-refractivity contribution in [2.75, 3.05) is 71.8 Å². The standard InChI is InChI=1S/C35H46ClN7O2.C31H46ClN7O2/c36-29-13-11-27(12-14-29)23-32(39-31-15-19-42(20-16-31)34(45)40-30-9-5-2-6-10-30)33(44)41-21-17-35(18-22-41,24-43-26-37-25-38-43)28-7-3-1-4-8-28;1-36(2)30(41)38-16-12-27(13-17-38)35-28(20-24-8-10-26(32)11-9-24)29(40)37-18-14-31(15-19-37,21-39-23-33-22-34-39)25-6-4-3-5-7-25/h2,5-6,9-14,25-26,28,31-32,39H,1,3-4,7-8,15-24H2,(H,40,45);8-11,22-23,25,27-28,35H,3-7,12-21H2,1-2H3/t32-;28-/m11/s1. The Bertz CT molecular complexity index is 2870. The van der Waals surface area contributed by atoms with E-state index in [-0.39, 0.29) is 58.9 Å². The Hall–Kier alpha value is -6.08. The van der Waals surface area contributed by atoms with Crippen molar-refractivity contribution >= 4 is 52.8 Å². The van der Waals surface area contributed by atoms with Crippen LogP contribution in [0.15, 0.2) is 104 Å². The van der Waals surface area contributed by atoms with Gasteiger partial charge in [-0.05, 0) is 160 Å². The van der Waals surface area contributed by atoms with Crippen molar-refractivity contribution in [1.29, 1.82) is 0 Å². The first-order valence-corrected chi connectivity index (χ1v) is 32.9. The van der Waals surface area contributed by atoms with Crippen LogP contribution in [0.2, 0.25) is 10.0 Å². The smallest absolute Gasteiger partial charge is 0.321 e. The molecule has 11 rings (SSSR count). The predicted octanol–water partition coefficient (Wildman–Crippen LogP) is 10.5. The number of carbonyl (C=O) groups excluding carboxylic acids is 4. The quantitative estimate of drug-likeness (QED) is 0.0810. The number of carbonyl (C=O) groups is 4. The summed E-state index contributed by atoms with van der Waals surface area (Å²) in [6, 6.07) is 24.9. The molecular weight excluding hydrogens is 1120 g/mol. The zero-order valence-electron chi connectivity index (χ0n) is 50.8. The van der Waals surface area contributed by atoms with Gasteiger partial charge >= 0.3 is 12.1 Å². The molecule has 0 unspecified atom stereocenters. The van der Waals surface area contributed by atoms with Gasteiger partial charge in [0.05, 0.1) is 12.1 Å². The van der Waals surface area contributed by atoms with Crippen molar-refractivity contribution in [3.8, 4) is 0 Å². The summed E-state index contributed by atoms with van der Waals surface area (Å²) in [4.78, 5) is 71.7. The minimum atomic E-state index is -0.335. The van der Waals surface area contributed by atoms with Gasteiger partial charge in [-0.2, -0.15) is 10.2 Å². The van der Waals surface area contributed by atoms with Gasteiger partial charge in [-0.3, -0.25) is 19.0 Å². The molecular formula is C66H92Cl2N14O4. The summed E-state index contributed by atoms with van der Waals surface area (Å²) in [5.41, 5.74) is 3.30. The number of likely N-dealkylation sites (tertiary alicyclic amines) is 4. The first-order valence-electron chi connectivity index (χ1n) is 32.1. The average molecular weight is 1220 g/mol. The molecule has 2 aromatic heterocycles. The van der Waals surface area contributed by atoms with E-state index in [2.05, 4.69) is 45.9 Å². The van der Waals surface area contributed by atoms with Gasteiger partial charge in [-0.1, -0.05) is 104 Å². The topological polar surface area (TPSA) is 182 Å². The molecule has 6 fully saturated rings. The largest absolute Gasteiger partial charge is 0.341 e. The second-order valence-corrected chi connectivity index (χ2v) is 26.7. The van der Waals surface area contributed by atoms with Crippen LogP contribution >= 0.6 is 23.2 Å². The molecule has 2 aliphatic carbocycles. The highest BCUT2D eigenvalue weighted by Crippen LogP contribution is 2.48. The number of para-hydroxylation sites is 1. The van der Waals surface area contributed by atoms with Crippen LogP contribution in [0.4, 0.5) is 15.3 Å². The number of benzene rings is 3. The van der Waals surface area contributed by atoms with E-state index in [1.165, 1.54) is 64.2 Å². The number of nitrogens with one attached hydrogen (secondary N) is 3. The van der Waals surface area contributed by atoms with Crippen LogP contribution in [0, 0.1) is 22.7 Å². The van der Waals surface area contributed by atoms with Gasteiger partial charge in [0.1, 0.15) is 25.3 Å². The summed E-state index contributed by atoms with van der Waals surface area (Å²) in [5, 5.41) is 20.8. The van der Waals surface area contributed by atoms with Crippen molar-refractivity contribution in [3.63, 3.8) is 0 Å². The minimum absolute atomic E-state index is 0.0536. The Morgan fingerprint density at radius 2 is 0.930 bits per heavy atom. The molecule has 2 atom stereocenters. The molecule has 0 spiro atoms. The van der Waals surface area contributed by atoms with Crippen LogP contribution < -0.4 is 16.0 Å². The number of urea groups is 2. The maximum absolute atomic E-state index is 14.3. The lowest BCUT2D eigenvalue weighted by atomic mass is 9.63. The molecule has 0 radical (unpaired) electrons. The zero-order chi connectivity index (χ0) is 59.9. The van der Waals surface area contributed by atoms with Gasteiger partial charge < -0.3 is 40.4 Å². The van der Waals surface area contributed by atoms with Gasteiger partial charge in [0.25, 0.3) is 0 Å². The zero-order valence-corrected chi connectivity index (χ0v) is 52.3. The van der Waals surface area contributed by atoms with Gasteiger partial charge in [0.2, 0.25) is 11.8 Å². The Balaban J connectivity index is 0.000000192. The number of rotatable bonds is 17. The molecule has 5 aromatic rings. The summed E-state index contributed by atoms with van der Waals surface area (Å²) in [7, 11) is 3.59. The van der Waals surface area contributed by atoms with Crippen LogP contribution in [-0.2, 0) is 35.5 Å². The second-order valence-electron chi connectivity index (χ2n) is 25.8. The van der Waals surface area contributed by atoms with E-state index in [1.807, 2.05) is 111 Å². The number of nitrogens with zero attached hydrogens (tertiary/aromatic N) is 11. The summed E-state index contributed by atoms with van der Waals surface area (Å²) >= 11 is 12.3. The molecule has 4 saturated heterocycles. The molecule has 86 heavy (non-hydrogen) atoms. The summed E-state index contributed by atoms with van der Waals surface area (Å²) < 4.78 is 4.01. The summed E-state index contributed by atoms with van der Waals surface area (Å²) in [5.74, 6) is 1.70. The van der Waals surface area contributed by atoms with Crippen LogP contribution in [0.5, 0.6) is 0 Å². The highest BCUT2D eigenvalue weighted by atomic mass is 35.5. The van der Waals surface area contributed by atoms with Crippen molar-refractivity contribution in [3.05, 3.63) is 125 Å². The van der Waals surface area contributed by atoms with E-state index in [0.717, 1.165) is 107 Å². The number of anilines is 1. The third kappa shape index (κ3) is 16.7. The molecule has 0 bridgehead atoms. The maximum Gasteiger partial charge on any atom is 0.321 e. The molecule has 6 heterocycles. The number of amides is 6. The molecule has 3 aromatic carbocycles. The predicted molar refractivity (Wildman–Crippen MR) is 338 cm³/mol. The van der Waals surface area contributed by atoms with Gasteiger partial charge in [-0.25, -0.2) is 19.6 Å². The fourth-order valence-electron chi connectivity index (χ4n) is 15.1. The van der Waals surface area contributed by atoms with Crippen molar-refractivity contribution in [2.45, 2.75) is 166 Å². The van der Waals surface area contributed by atoms with E-state index >= 15 is 0 Å². The third-order valence-corrected chi connectivity index (χ3v) is 20.6. The normalized spacial score (nSPS) is 20.6. The molecule has 18 nitrogen and oxygen atoms in total. The van der Waals surface area contributed by atoms with E-state index in [4.69, 9.17) is 23.2 Å². The van der Waals surface area contributed by atoms with E-state index < -0.39 is 0 Å². The lowest BCUT2D eigenvalue weighted by molar-refractivity contribution is -0.138. The third-order valence-electron chi connectivity index (χ3n) is 20.1. The number of hydrogen-bond donors (Lipinski definition) is 3. The Labute approximate surface area is 519 Å². The molecule has 3 N–H and O–H groups in total. The molecule has 4 aliphatic heterocycles. The lowest BCUT2D eigenvalue weighted by Gasteiger charge is -2.48. The molecule has 464 valence electrons. The van der Waals surface area contributed by atoms with E-state index in [9.17, 15) is 19.2 Å². The first-order chi connectivity index (χ1) is 41.8. The molecule has 6 amide bonds. The van der Waals surface area contributed by atoms with E-state index in [0.29, 0.717) is 60.9 Å². The van der Waals surface area contributed by atoms with Gasteiger partial charge in [0, 0.05) is 107 Å². The maximum atomic E-state index is 14.3. The summed E-state index contributed by atoms with van der Waals surface area (Å²) in [6.45, 7) is 7.54. The van der Waals surface area contributed by atoms with Crippen LogP contribution in [0.25, 0.3) is 0 Å². The van der Waals surface area contributed by atoms with Gasteiger partial charge in [-0.15, -0.1) is 0 Å².